The van der Waals surface area contributed by atoms with Gasteiger partial charge in [0.2, 0.25) is 0 Å². The zero-order chi connectivity index (χ0) is 23.5. The first kappa shape index (κ1) is 22.7. The zero-order valence-corrected chi connectivity index (χ0v) is 19.7. The van der Waals surface area contributed by atoms with Crippen molar-refractivity contribution in [2.75, 3.05) is 33.3 Å². The van der Waals surface area contributed by atoms with Crippen molar-refractivity contribution in [3.63, 3.8) is 0 Å². The van der Waals surface area contributed by atoms with Crippen molar-refractivity contribution in [2.24, 2.45) is 5.92 Å². The van der Waals surface area contributed by atoms with Crippen LogP contribution in [0.2, 0.25) is 0 Å². The number of benzene rings is 2. The number of likely N-dealkylation sites (N-methyl/N-ethyl adjacent to an activating group) is 1. The number of hydrogen-bond donors (Lipinski definition) is 0. The molecule has 5 rings (SSSR count). The van der Waals surface area contributed by atoms with E-state index in [1.807, 2.05) is 54.4 Å². The smallest absolute Gasteiger partial charge is 0.336 e. The molecule has 2 atom stereocenters. The van der Waals surface area contributed by atoms with Crippen LogP contribution in [-0.4, -0.2) is 55.0 Å². The van der Waals surface area contributed by atoms with Gasteiger partial charge in [0.1, 0.15) is 11.3 Å². The van der Waals surface area contributed by atoms with Crippen LogP contribution < -0.4 is 10.4 Å². The standard InChI is InChI=1S/C28H32N2O4/c1-29(18-21-10-7-15-30-14-6-5-11-25(21)30)27(31)19-33-22-12-13-23-24(20-8-3-2-4-9-20)17-28(32)34-26(23)16-22/h2-4,8-9,12-13,16-17,21,25H,5-7,10-11,14-15,18-19H2,1H3. The molecule has 0 radical (unpaired) electrons. The van der Waals surface area contributed by atoms with Gasteiger partial charge in [0, 0.05) is 37.2 Å². The zero-order valence-electron chi connectivity index (χ0n) is 19.7. The third-order valence-corrected chi connectivity index (χ3v) is 7.33. The van der Waals surface area contributed by atoms with Crippen LogP contribution in [0.15, 0.2) is 63.8 Å². The van der Waals surface area contributed by atoms with Gasteiger partial charge < -0.3 is 19.0 Å². The number of ether oxygens (including phenoxy) is 1. The number of rotatable bonds is 6. The molecule has 2 aliphatic heterocycles. The SMILES string of the molecule is CN(CC1CCCN2CCCCC12)C(=O)COc1ccc2c(-c3ccccc3)cc(=O)oc2c1. The number of piperidine rings is 2. The van der Waals surface area contributed by atoms with E-state index < -0.39 is 5.63 Å². The number of hydrogen-bond acceptors (Lipinski definition) is 5. The van der Waals surface area contributed by atoms with E-state index >= 15 is 0 Å². The Morgan fingerprint density at radius 3 is 2.74 bits per heavy atom. The minimum Gasteiger partial charge on any atom is -0.484 e. The Morgan fingerprint density at radius 2 is 1.88 bits per heavy atom. The summed E-state index contributed by atoms with van der Waals surface area (Å²) in [4.78, 5) is 29.4. The average molecular weight is 461 g/mol. The van der Waals surface area contributed by atoms with Crippen molar-refractivity contribution in [2.45, 2.75) is 38.1 Å². The minimum absolute atomic E-state index is 0.0347. The highest BCUT2D eigenvalue weighted by Crippen LogP contribution is 2.32. The van der Waals surface area contributed by atoms with Gasteiger partial charge in [-0.05, 0) is 68.0 Å². The fraction of sp³-hybridized carbons (Fsp3) is 0.429. The normalized spacial score (nSPS) is 20.6. The molecule has 0 bridgehead atoms. The molecule has 6 heteroatoms. The van der Waals surface area contributed by atoms with Crippen molar-refractivity contribution in [1.82, 2.24) is 9.80 Å². The summed E-state index contributed by atoms with van der Waals surface area (Å²) in [6.45, 7) is 3.14. The van der Waals surface area contributed by atoms with Crippen LogP contribution in [0, 0.1) is 5.92 Å². The summed E-state index contributed by atoms with van der Waals surface area (Å²) in [7, 11) is 1.87. The molecular formula is C28H32N2O4. The maximum absolute atomic E-state index is 12.8. The molecular weight excluding hydrogens is 428 g/mol. The third-order valence-electron chi connectivity index (χ3n) is 7.33. The second kappa shape index (κ2) is 10.0. The van der Waals surface area contributed by atoms with Gasteiger partial charge >= 0.3 is 5.63 Å². The van der Waals surface area contributed by atoms with E-state index in [1.165, 1.54) is 51.3 Å². The molecule has 6 nitrogen and oxygen atoms in total. The summed E-state index contributed by atoms with van der Waals surface area (Å²) in [5.74, 6) is 1.01. The summed E-state index contributed by atoms with van der Waals surface area (Å²) in [5, 5.41) is 0.830. The molecule has 178 valence electrons. The monoisotopic (exact) mass is 460 g/mol. The Labute approximate surface area is 200 Å². The van der Waals surface area contributed by atoms with Gasteiger partial charge in [-0.15, -0.1) is 0 Å². The van der Waals surface area contributed by atoms with Gasteiger partial charge in [-0.25, -0.2) is 4.79 Å². The van der Waals surface area contributed by atoms with E-state index in [0.717, 1.165) is 23.1 Å². The summed E-state index contributed by atoms with van der Waals surface area (Å²) in [6, 6.07) is 17.3. The molecule has 2 unspecified atom stereocenters. The molecule has 0 saturated carbocycles. The predicted molar refractivity (Wildman–Crippen MR) is 133 cm³/mol. The predicted octanol–water partition coefficient (Wildman–Crippen LogP) is 4.56. The first-order valence-corrected chi connectivity index (χ1v) is 12.3. The highest BCUT2D eigenvalue weighted by atomic mass is 16.5. The fourth-order valence-corrected chi connectivity index (χ4v) is 5.59. The molecule has 2 aromatic carbocycles. The lowest BCUT2D eigenvalue weighted by atomic mass is 9.83. The molecule has 3 heterocycles. The molecule has 3 aromatic rings. The Hall–Kier alpha value is -3.12. The van der Waals surface area contributed by atoms with Crippen LogP contribution in [0.25, 0.3) is 22.1 Å². The molecule has 1 amide bonds. The molecule has 2 fully saturated rings. The van der Waals surface area contributed by atoms with Crippen LogP contribution in [0.4, 0.5) is 0 Å². The lowest BCUT2D eigenvalue weighted by Crippen LogP contribution is -2.51. The van der Waals surface area contributed by atoms with Gasteiger partial charge in [-0.1, -0.05) is 36.8 Å². The Bertz CT molecular complexity index is 1200. The summed E-state index contributed by atoms with van der Waals surface area (Å²) in [5.41, 5.74) is 1.80. The number of carbonyl (C=O) groups excluding carboxylic acids is 1. The molecule has 0 N–H and O–H groups in total. The Balaban J connectivity index is 1.25. The van der Waals surface area contributed by atoms with Crippen LogP contribution in [0.3, 0.4) is 0 Å². The van der Waals surface area contributed by atoms with Crippen LogP contribution in [0.1, 0.15) is 32.1 Å². The lowest BCUT2D eigenvalue weighted by molar-refractivity contribution is -0.133. The van der Waals surface area contributed by atoms with Crippen molar-refractivity contribution in [3.8, 4) is 16.9 Å². The fourth-order valence-electron chi connectivity index (χ4n) is 5.59. The topological polar surface area (TPSA) is 63.0 Å². The second-order valence-corrected chi connectivity index (χ2v) is 9.57. The summed E-state index contributed by atoms with van der Waals surface area (Å²) < 4.78 is 11.2. The maximum atomic E-state index is 12.8. The van der Waals surface area contributed by atoms with Gasteiger partial charge in [-0.2, -0.15) is 0 Å². The Kier molecular flexibility index (Phi) is 6.68. The molecule has 2 aliphatic rings. The van der Waals surface area contributed by atoms with Gasteiger partial charge in [0.25, 0.3) is 5.91 Å². The van der Waals surface area contributed by atoms with E-state index in [0.29, 0.717) is 23.3 Å². The lowest BCUT2D eigenvalue weighted by Gasteiger charge is -2.45. The highest BCUT2D eigenvalue weighted by Gasteiger charge is 2.34. The molecule has 0 spiro atoms. The molecule has 0 aliphatic carbocycles. The van der Waals surface area contributed by atoms with E-state index in [2.05, 4.69) is 4.90 Å². The minimum atomic E-state index is -0.413. The van der Waals surface area contributed by atoms with Crippen LogP contribution in [-0.2, 0) is 4.79 Å². The van der Waals surface area contributed by atoms with Crippen molar-refractivity contribution in [1.29, 1.82) is 0 Å². The summed E-state index contributed by atoms with van der Waals surface area (Å²) in [6.07, 6.45) is 6.24. The largest absolute Gasteiger partial charge is 0.484 e. The summed E-state index contributed by atoms with van der Waals surface area (Å²) >= 11 is 0. The first-order chi connectivity index (χ1) is 16.6. The van der Waals surface area contributed by atoms with Gasteiger partial charge in [0.15, 0.2) is 6.61 Å². The second-order valence-electron chi connectivity index (χ2n) is 9.57. The van der Waals surface area contributed by atoms with Crippen molar-refractivity contribution < 1.29 is 13.9 Å². The number of carbonyl (C=O) groups is 1. The van der Waals surface area contributed by atoms with Gasteiger partial charge in [-0.3, -0.25) is 4.79 Å². The van der Waals surface area contributed by atoms with E-state index in [-0.39, 0.29) is 12.5 Å². The number of nitrogens with zero attached hydrogens (tertiary/aromatic N) is 2. The maximum Gasteiger partial charge on any atom is 0.336 e. The Morgan fingerprint density at radius 1 is 1.06 bits per heavy atom. The molecule has 2 saturated heterocycles. The molecule has 34 heavy (non-hydrogen) atoms. The number of fused-ring (bicyclic) bond motifs is 2. The van der Waals surface area contributed by atoms with Crippen LogP contribution in [0.5, 0.6) is 5.75 Å². The van der Waals surface area contributed by atoms with Gasteiger partial charge in [0.05, 0.1) is 0 Å². The highest BCUT2D eigenvalue weighted by molar-refractivity contribution is 5.93. The average Bonchev–Trinajstić information content (AvgIpc) is 2.87. The number of amides is 1. The van der Waals surface area contributed by atoms with E-state index in [1.54, 1.807) is 6.07 Å². The first-order valence-electron chi connectivity index (χ1n) is 12.3. The quantitative estimate of drug-likeness (QED) is 0.505. The van der Waals surface area contributed by atoms with Crippen molar-refractivity contribution in [3.05, 3.63) is 65.0 Å². The van der Waals surface area contributed by atoms with E-state index in [4.69, 9.17) is 9.15 Å². The van der Waals surface area contributed by atoms with Crippen molar-refractivity contribution >= 4 is 16.9 Å². The molecule has 1 aromatic heterocycles. The third kappa shape index (κ3) is 4.87. The van der Waals surface area contributed by atoms with E-state index in [9.17, 15) is 9.59 Å². The van der Waals surface area contributed by atoms with Crippen LogP contribution >= 0.6 is 0 Å².